The van der Waals surface area contributed by atoms with Crippen LogP contribution in [-0.2, 0) is 16.0 Å². The highest BCUT2D eigenvalue weighted by atomic mass is 35.5. The van der Waals surface area contributed by atoms with Gasteiger partial charge in [-0.25, -0.2) is 0 Å². The number of hydrogen-bond acceptors (Lipinski definition) is 2. The van der Waals surface area contributed by atoms with Crippen LogP contribution in [0.4, 0.5) is 0 Å². The van der Waals surface area contributed by atoms with Crippen molar-refractivity contribution in [1.82, 2.24) is 5.32 Å². The summed E-state index contributed by atoms with van der Waals surface area (Å²) in [5, 5.41) is 11.8. The SMILES string of the molecule is CC(NC(=O)Cc1ccc(Cl)cc1Cl)C(=O)O. The molecule has 1 rings (SSSR count). The Kier molecular flexibility index (Phi) is 4.78. The van der Waals surface area contributed by atoms with Crippen LogP contribution in [0.2, 0.25) is 10.0 Å². The normalized spacial score (nSPS) is 11.9. The van der Waals surface area contributed by atoms with E-state index in [-0.39, 0.29) is 6.42 Å². The van der Waals surface area contributed by atoms with Crippen molar-refractivity contribution >= 4 is 35.1 Å². The molecule has 1 amide bonds. The molecule has 0 radical (unpaired) electrons. The van der Waals surface area contributed by atoms with E-state index in [9.17, 15) is 9.59 Å². The third-order valence-corrected chi connectivity index (χ3v) is 2.70. The van der Waals surface area contributed by atoms with Crippen molar-refractivity contribution < 1.29 is 14.7 Å². The number of carbonyl (C=O) groups excluding carboxylic acids is 1. The highest BCUT2D eigenvalue weighted by Crippen LogP contribution is 2.21. The van der Waals surface area contributed by atoms with Gasteiger partial charge in [0.25, 0.3) is 0 Å². The van der Waals surface area contributed by atoms with Crippen LogP contribution in [0.25, 0.3) is 0 Å². The summed E-state index contributed by atoms with van der Waals surface area (Å²) in [5.41, 5.74) is 0.603. The number of rotatable bonds is 4. The lowest BCUT2D eigenvalue weighted by Gasteiger charge is -2.10. The molecule has 1 atom stereocenters. The number of benzene rings is 1. The molecule has 1 aromatic rings. The van der Waals surface area contributed by atoms with Crippen LogP contribution in [0.1, 0.15) is 12.5 Å². The number of nitrogens with one attached hydrogen (secondary N) is 1. The lowest BCUT2D eigenvalue weighted by Crippen LogP contribution is -2.39. The average Bonchev–Trinajstić information content (AvgIpc) is 2.22. The Morgan fingerprint density at radius 3 is 2.59 bits per heavy atom. The highest BCUT2D eigenvalue weighted by molar-refractivity contribution is 6.35. The minimum Gasteiger partial charge on any atom is -0.480 e. The first-order valence-electron chi connectivity index (χ1n) is 4.86. The molecule has 0 saturated carbocycles. The second kappa shape index (κ2) is 5.89. The summed E-state index contributed by atoms with van der Waals surface area (Å²) < 4.78 is 0. The van der Waals surface area contributed by atoms with E-state index in [0.29, 0.717) is 15.6 Å². The van der Waals surface area contributed by atoms with Gasteiger partial charge in [0, 0.05) is 10.0 Å². The van der Waals surface area contributed by atoms with Gasteiger partial charge < -0.3 is 10.4 Å². The van der Waals surface area contributed by atoms with Gasteiger partial charge in [-0.15, -0.1) is 0 Å². The summed E-state index contributed by atoms with van der Waals surface area (Å²) in [6.07, 6.45) is 0.0215. The minimum absolute atomic E-state index is 0.0215. The summed E-state index contributed by atoms with van der Waals surface area (Å²) in [5.74, 6) is -1.48. The lowest BCUT2D eigenvalue weighted by atomic mass is 10.1. The van der Waals surface area contributed by atoms with Gasteiger partial charge in [0.1, 0.15) is 6.04 Å². The number of carboxylic acids is 1. The predicted octanol–water partition coefficient (Wildman–Crippen LogP) is 2.13. The Labute approximate surface area is 109 Å². The molecule has 1 aromatic carbocycles. The molecule has 2 N–H and O–H groups in total. The van der Waals surface area contributed by atoms with Crippen molar-refractivity contribution in [3.05, 3.63) is 33.8 Å². The molecule has 17 heavy (non-hydrogen) atoms. The Morgan fingerprint density at radius 1 is 1.41 bits per heavy atom. The molecule has 0 aliphatic heterocycles. The topological polar surface area (TPSA) is 66.4 Å². The number of halogens is 2. The molecule has 0 saturated heterocycles. The zero-order valence-electron chi connectivity index (χ0n) is 9.04. The number of amides is 1. The molecule has 0 aromatic heterocycles. The fourth-order valence-corrected chi connectivity index (χ4v) is 1.67. The minimum atomic E-state index is -1.08. The third kappa shape index (κ3) is 4.24. The first kappa shape index (κ1) is 13.8. The molecular weight excluding hydrogens is 265 g/mol. The second-order valence-corrected chi connectivity index (χ2v) is 4.38. The van der Waals surface area contributed by atoms with Crippen LogP contribution in [0.3, 0.4) is 0 Å². The van der Waals surface area contributed by atoms with Crippen LogP contribution in [-0.4, -0.2) is 23.0 Å². The Hall–Kier alpha value is -1.26. The maximum Gasteiger partial charge on any atom is 0.325 e. The molecule has 6 heteroatoms. The monoisotopic (exact) mass is 275 g/mol. The predicted molar refractivity (Wildman–Crippen MR) is 65.4 cm³/mol. The molecule has 0 aliphatic carbocycles. The Morgan fingerprint density at radius 2 is 2.06 bits per heavy atom. The molecular formula is C11H11Cl2NO3. The fourth-order valence-electron chi connectivity index (χ4n) is 1.19. The lowest BCUT2D eigenvalue weighted by molar-refractivity contribution is -0.141. The van der Waals surface area contributed by atoms with Crippen LogP contribution in [0.15, 0.2) is 18.2 Å². The average molecular weight is 276 g/mol. The van der Waals surface area contributed by atoms with Crippen molar-refractivity contribution in [3.63, 3.8) is 0 Å². The van der Waals surface area contributed by atoms with E-state index in [0.717, 1.165) is 0 Å². The summed E-state index contributed by atoms with van der Waals surface area (Å²) >= 11 is 11.6. The maximum absolute atomic E-state index is 11.5. The van der Waals surface area contributed by atoms with Gasteiger partial charge in [0.15, 0.2) is 0 Å². The van der Waals surface area contributed by atoms with Gasteiger partial charge in [-0.3, -0.25) is 9.59 Å². The summed E-state index contributed by atoms with van der Waals surface area (Å²) in [6, 6.07) is 3.87. The number of carbonyl (C=O) groups is 2. The quantitative estimate of drug-likeness (QED) is 0.885. The van der Waals surface area contributed by atoms with Gasteiger partial charge in [0.05, 0.1) is 6.42 Å². The summed E-state index contributed by atoms with van der Waals surface area (Å²) in [7, 11) is 0. The number of aliphatic carboxylic acids is 1. The second-order valence-electron chi connectivity index (χ2n) is 3.54. The van der Waals surface area contributed by atoms with Crippen LogP contribution >= 0.6 is 23.2 Å². The maximum atomic E-state index is 11.5. The standard InChI is InChI=1S/C11H11Cl2NO3/c1-6(11(16)17)14-10(15)4-7-2-3-8(12)5-9(7)13/h2-3,5-6H,4H2,1H3,(H,14,15)(H,16,17). The molecule has 0 spiro atoms. The van der Waals surface area contributed by atoms with Gasteiger partial charge >= 0.3 is 5.97 Å². The van der Waals surface area contributed by atoms with Crippen molar-refractivity contribution in [2.24, 2.45) is 0 Å². The van der Waals surface area contributed by atoms with Crippen molar-refractivity contribution in [2.75, 3.05) is 0 Å². The van der Waals surface area contributed by atoms with E-state index in [2.05, 4.69) is 5.32 Å². The number of carboxylic acid groups (broad SMARTS) is 1. The Balaban J connectivity index is 2.65. The smallest absolute Gasteiger partial charge is 0.325 e. The molecule has 0 heterocycles. The zero-order chi connectivity index (χ0) is 13.0. The van der Waals surface area contributed by atoms with E-state index in [4.69, 9.17) is 28.3 Å². The van der Waals surface area contributed by atoms with Crippen molar-refractivity contribution in [3.8, 4) is 0 Å². The van der Waals surface area contributed by atoms with E-state index < -0.39 is 17.9 Å². The molecule has 0 bridgehead atoms. The van der Waals surface area contributed by atoms with Gasteiger partial charge in [-0.2, -0.15) is 0 Å². The zero-order valence-corrected chi connectivity index (χ0v) is 10.5. The van der Waals surface area contributed by atoms with Crippen LogP contribution < -0.4 is 5.32 Å². The first-order valence-corrected chi connectivity index (χ1v) is 5.62. The Bertz CT molecular complexity index is 448. The van der Waals surface area contributed by atoms with Gasteiger partial charge in [-0.05, 0) is 24.6 Å². The van der Waals surface area contributed by atoms with E-state index in [1.165, 1.54) is 13.0 Å². The molecule has 0 aliphatic rings. The van der Waals surface area contributed by atoms with E-state index in [1.807, 2.05) is 0 Å². The van der Waals surface area contributed by atoms with Crippen molar-refractivity contribution in [2.45, 2.75) is 19.4 Å². The third-order valence-electron chi connectivity index (χ3n) is 2.11. The van der Waals surface area contributed by atoms with Crippen molar-refractivity contribution in [1.29, 1.82) is 0 Å². The highest BCUT2D eigenvalue weighted by Gasteiger charge is 2.15. The summed E-state index contributed by atoms with van der Waals surface area (Å²) in [4.78, 5) is 22.0. The van der Waals surface area contributed by atoms with Gasteiger partial charge in [-0.1, -0.05) is 29.3 Å². The van der Waals surface area contributed by atoms with Crippen LogP contribution in [0, 0.1) is 0 Å². The molecule has 4 nitrogen and oxygen atoms in total. The van der Waals surface area contributed by atoms with E-state index >= 15 is 0 Å². The fraction of sp³-hybridized carbons (Fsp3) is 0.273. The number of hydrogen-bond donors (Lipinski definition) is 2. The largest absolute Gasteiger partial charge is 0.480 e. The molecule has 1 unspecified atom stereocenters. The van der Waals surface area contributed by atoms with Crippen LogP contribution in [0.5, 0.6) is 0 Å². The van der Waals surface area contributed by atoms with Gasteiger partial charge in [0.2, 0.25) is 5.91 Å². The molecule has 0 fully saturated rings. The summed E-state index contributed by atoms with van der Waals surface area (Å²) in [6.45, 7) is 1.39. The molecule has 92 valence electrons. The van der Waals surface area contributed by atoms with E-state index in [1.54, 1.807) is 12.1 Å². The first-order chi connectivity index (χ1) is 7.90.